The SMILES string of the molecule is CCCCC1CCCCCCc2[nH]c(/C=C3\N=C(OS(=O)(=O)C(F)(F)F)C=C3OC)cc21. The third-order valence-corrected chi connectivity index (χ3v) is 6.72. The molecule has 0 saturated carbocycles. The van der Waals surface area contributed by atoms with Gasteiger partial charge in [0, 0.05) is 17.5 Å². The molecule has 1 atom stereocenters. The van der Waals surface area contributed by atoms with Crippen molar-refractivity contribution in [3.05, 3.63) is 40.5 Å². The molecule has 2 aliphatic rings. The van der Waals surface area contributed by atoms with E-state index in [4.69, 9.17) is 4.74 Å². The zero-order valence-electron chi connectivity index (χ0n) is 18.3. The number of rotatable bonds is 6. The van der Waals surface area contributed by atoms with E-state index in [0.29, 0.717) is 5.92 Å². The Morgan fingerprint density at radius 2 is 2.00 bits per heavy atom. The maximum Gasteiger partial charge on any atom is 0.534 e. The number of nitrogens with zero attached hydrogens (tertiary/aromatic N) is 1. The second-order valence-electron chi connectivity index (χ2n) is 8.13. The topological polar surface area (TPSA) is 80.8 Å². The fraction of sp³-hybridized carbons (Fsp3) is 0.591. The van der Waals surface area contributed by atoms with E-state index >= 15 is 0 Å². The first-order valence-corrected chi connectivity index (χ1v) is 12.3. The van der Waals surface area contributed by atoms with Crippen LogP contribution < -0.4 is 0 Å². The van der Waals surface area contributed by atoms with Gasteiger partial charge in [0.2, 0.25) is 5.90 Å². The van der Waals surface area contributed by atoms with E-state index < -0.39 is 21.5 Å². The summed E-state index contributed by atoms with van der Waals surface area (Å²) in [6.07, 6.45) is 12.9. The average Bonchev–Trinajstić information content (AvgIpc) is 3.30. The summed E-state index contributed by atoms with van der Waals surface area (Å²) >= 11 is 0. The lowest BCUT2D eigenvalue weighted by atomic mass is 9.89. The van der Waals surface area contributed by atoms with Crippen LogP contribution in [0.25, 0.3) is 6.08 Å². The summed E-state index contributed by atoms with van der Waals surface area (Å²) in [6.45, 7) is 2.18. The quantitative estimate of drug-likeness (QED) is 0.408. The Hall–Kier alpha value is -2.23. The monoisotopic (exact) mass is 474 g/mol. The van der Waals surface area contributed by atoms with Gasteiger partial charge in [-0.15, -0.1) is 0 Å². The average molecular weight is 475 g/mol. The highest BCUT2D eigenvalue weighted by Crippen LogP contribution is 2.35. The molecular formula is C22H29F3N2O4S. The summed E-state index contributed by atoms with van der Waals surface area (Å²) < 4.78 is 69.8. The number of hydrogen-bond donors (Lipinski definition) is 1. The molecule has 32 heavy (non-hydrogen) atoms. The van der Waals surface area contributed by atoms with Crippen LogP contribution in [0.2, 0.25) is 0 Å². The van der Waals surface area contributed by atoms with Crippen molar-refractivity contribution in [3.8, 4) is 0 Å². The normalized spacial score (nSPS) is 21.3. The van der Waals surface area contributed by atoms with Crippen molar-refractivity contribution >= 4 is 22.1 Å². The number of alkyl halides is 3. The summed E-state index contributed by atoms with van der Waals surface area (Å²) in [5.41, 5.74) is -2.13. The summed E-state index contributed by atoms with van der Waals surface area (Å²) in [7, 11) is -4.48. The molecule has 0 bridgehead atoms. The van der Waals surface area contributed by atoms with Crippen LogP contribution in [0.5, 0.6) is 0 Å². The van der Waals surface area contributed by atoms with Gasteiger partial charge in [0.15, 0.2) is 0 Å². The van der Waals surface area contributed by atoms with Crippen LogP contribution in [-0.4, -0.2) is 31.9 Å². The third-order valence-electron chi connectivity index (χ3n) is 5.76. The van der Waals surface area contributed by atoms with Crippen LogP contribution >= 0.6 is 0 Å². The Morgan fingerprint density at radius 1 is 1.25 bits per heavy atom. The Labute approximate surface area is 186 Å². The van der Waals surface area contributed by atoms with E-state index in [1.165, 1.54) is 37.6 Å². The molecule has 178 valence electrons. The number of aryl methyl sites for hydroxylation is 1. The van der Waals surface area contributed by atoms with Crippen LogP contribution in [0.3, 0.4) is 0 Å². The molecule has 1 unspecified atom stereocenters. The van der Waals surface area contributed by atoms with E-state index in [9.17, 15) is 21.6 Å². The van der Waals surface area contributed by atoms with Gasteiger partial charge in [-0.2, -0.15) is 21.6 Å². The Morgan fingerprint density at radius 3 is 2.69 bits per heavy atom. The lowest BCUT2D eigenvalue weighted by Gasteiger charge is -2.16. The number of nitrogens with one attached hydrogen (secondary N) is 1. The smallest absolute Gasteiger partial charge is 0.494 e. The molecule has 0 spiro atoms. The Balaban J connectivity index is 1.90. The standard InChI is InChI=1S/C22H29F3N2O4S/c1-3-4-9-15-10-7-5-6-8-11-18-17(15)12-16(26-18)13-19-20(30-2)14-21(27-19)31-32(28,29)22(23,24)25/h12-15,26H,3-11H2,1-2H3/b19-13-. The number of unbranched alkanes of at least 4 members (excludes halogenated alkanes) is 1. The van der Waals surface area contributed by atoms with Gasteiger partial charge < -0.3 is 13.9 Å². The first-order valence-electron chi connectivity index (χ1n) is 10.9. The molecule has 1 aromatic heterocycles. The first-order chi connectivity index (χ1) is 15.1. The Kier molecular flexibility index (Phi) is 7.74. The van der Waals surface area contributed by atoms with E-state index in [-0.39, 0.29) is 11.5 Å². The number of aromatic amines is 1. The minimum Gasteiger partial charge on any atom is -0.494 e. The molecule has 0 aromatic carbocycles. The second-order valence-corrected chi connectivity index (χ2v) is 9.66. The van der Waals surface area contributed by atoms with Crippen LogP contribution in [0.4, 0.5) is 13.2 Å². The highest BCUT2D eigenvalue weighted by molar-refractivity contribution is 7.88. The minimum absolute atomic E-state index is 0.124. The molecule has 1 aliphatic carbocycles. The molecular weight excluding hydrogens is 445 g/mol. The van der Waals surface area contributed by atoms with Gasteiger partial charge in [0.05, 0.1) is 7.11 Å². The van der Waals surface area contributed by atoms with Gasteiger partial charge in [-0.1, -0.05) is 39.0 Å². The first kappa shape index (κ1) is 24.4. The van der Waals surface area contributed by atoms with Crippen molar-refractivity contribution in [2.45, 2.75) is 76.1 Å². The molecule has 1 aromatic rings. The van der Waals surface area contributed by atoms with Crippen molar-refractivity contribution in [1.82, 2.24) is 4.98 Å². The molecule has 1 N–H and O–H groups in total. The van der Waals surface area contributed by atoms with Crippen LogP contribution in [0.1, 0.15) is 81.2 Å². The van der Waals surface area contributed by atoms with Crippen molar-refractivity contribution in [3.63, 3.8) is 0 Å². The summed E-state index contributed by atoms with van der Waals surface area (Å²) in [5.74, 6) is -0.0989. The van der Waals surface area contributed by atoms with Crippen LogP contribution in [0.15, 0.2) is 28.6 Å². The molecule has 0 fully saturated rings. The number of hydrogen-bond acceptors (Lipinski definition) is 5. The molecule has 1 aliphatic heterocycles. The largest absolute Gasteiger partial charge is 0.534 e. The lowest BCUT2D eigenvalue weighted by Crippen LogP contribution is -2.27. The molecule has 0 radical (unpaired) electrons. The van der Waals surface area contributed by atoms with Crippen LogP contribution in [-0.2, 0) is 25.5 Å². The highest BCUT2D eigenvalue weighted by atomic mass is 32.2. The Bertz CT molecular complexity index is 1010. The van der Waals surface area contributed by atoms with Crippen LogP contribution in [0, 0.1) is 0 Å². The predicted molar refractivity (Wildman–Crippen MR) is 116 cm³/mol. The summed E-state index contributed by atoms with van der Waals surface area (Å²) in [6, 6.07) is 2.07. The zero-order valence-corrected chi connectivity index (χ0v) is 19.1. The predicted octanol–water partition coefficient (Wildman–Crippen LogP) is 5.94. The number of halogens is 3. The molecule has 10 heteroatoms. The van der Waals surface area contributed by atoms with Crippen molar-refractivity contribution in [2.24, 2.45) is 4.99 Å². The van der Waals surface area contributed by atoms with Crippen molar-refractivity contribution in [1.29, 1.82) is 0 Å². The number of aliphatic imine (C=N–C) groups is 1. The van der Waals surface area contributed by atoms with E-state index in [0.717, 1.165) is 50.3 Å². The lowest BCUT2D eigenvalue weighted by molar-refractivity contribution is -0.0504. The second kappa shape index (κ2) is 10.1. The number of ether oxygens (including phenoxy) is 1. The highest BCUT2D eigenvalue weighted by Gasteiger charge is 2.49. The number of fused-ring (bicyclic) bond motifs is 1. The van der Waals surface area contributed by atoms with Gasteiger partial charge >= 0.3 is 15.6 Å². The van der Waals surface area contributed by atoms with E-state index in [1.54, 1.807) is 6.08 Å². The molecule has 3 rings (SSSR count). The van der Waals surface area contributed by atoms with Crippen molar-refractivity contribution < 1.29 is 30.5 Å². The zero-order chi connectivity index (χ0) is 23.4. The summed E-state index contributed by atoms with van der Waals surface area (Å²) in [5, 5.41) is 0. The minimum atomic E-state index is -5.81. The molecule has 0 amide bonds. The molecule has 2 heterocycles. The summed E-state index contributed by atoms with van der Waals surface area (Å²) in [4.78, 5) is 7.33. The maximum absolute atomic E-state index is 12.6. The number of H-pyrrole nitrogens is 1. The van der Waals surface area contributed by atoms with Gasteiger partial charge in [-0.25, -0.2) is 4.99 Å². The molecule has 6 nitrogen and oxygen atoms in total. The third kappa shape index (κ3) is 5.76. The molecule has 0 saturated heterocycles. The van der Waals surface area contributed by atoms with Gasteiger partial charge in [-0.3, -0.25) is 0 Å². The van der Waals surface area contributed by atoms with Gasteiger partial charge in [0.25, 0.3) is 0 Å². The maximum atomic E-state index is 12.6. The van der Waals surface area contributed by atoms with Crippen molar-refractivity contribution in [2.75, 3.05) is 7.11 Å². The fourth-order valence-electron chi connectivity index (χ4n) is 4.15. The van der Waals surface area contributed by atoms with Gasteiger partial charge in [-0.05, 0) is 49.3 Å². The van der Waals surface area contributed by atoms with E-state index in [1.807, 2.05) is 0 Å². The number of aromatic nitrogens is 1. The van der Waals surface area contributed by atoms with E-state index in [2.05, 4.69) is 27.1 Å². The fourth-order valence-corrected chi connectivity index (χ4v) is 4.55. The van der Waals surface area contributed by atoms with Gasteiger partial charge in [0.1, 0.15) is 11.5 Å². The number of methoxy groups -OCH3 is 1.